The van der Waals surface area contributed by atoms with E-state index >= 15 is 0 Å². The number of rotatable bonds is 6. The van der Waals surface area contributed by atoms with E-state index in [0.717, 1.165) is 55.4 Å². The number of aromatic nitrogens is 3. The first-order valence-corrected chi connectivity index (χ1v) is 14.8. The van der Waals surface area contributed by atoms with Crippen LogP contribution < -0.4 is 10.9 Å². The van der Waals surface area contributed by atoms with Crippen molar-refractivity contribution >= 4 is 32.5 Å². The van der Waals surface area contributed by atoms with Crippen molar-refractivity contribution in [3.8, 4) is 0 Å². The van der Waals surface area contributed by atoms with Crippen LogP contribution in [0.15, 0.2) is 46.2 Å². The molecule has 2 aliphatic rings. The lowest BCUT2D eigenvalue weighted by Crippen LogP contribution is -2.52. The van der Waals surface area contributed by atoms with Crippen LogP contribution in [0.1, 0.15) is 65.0 Å². The fourth-order valence-electron chi connectivity index (χ4n) is 5.91. The first-order chi connectivity index (χ1) is 17.5. The average molecular weight is 524 g/mol. The second-order valence-electron chi connectivity index (χ2n) is 11.4. The first-order valence-electron chi connectivity index (χ1n) is 13.2. The van der Waals surface area contributed by atoms with Gasteiger partial charge in [0.1, 0.15) is 5.65 Å². The second kappa shape index (κ2) is 9.51. The average Bonchev–Trinajstić information content (AvgIpc) is 2.83. The maximum Gasteiger partial charge on any atom is 0.252 e. The number of hydrogen-bond acceptors (Lipinski definition) is 7. The molecule has 2 fully saturated rings. The molecule has 1 spiro atoms. The van der Waals surface area contributed by atoms with Crippen LogP contribution in [0.4, 0.5) is 11.6 Å². The molecular weight excluding hydrogens is 486 g/mol. The van der Waals surface area contributed by atoms with Gasteiger partial charge in [0.25, 0.3) is 5.56 Å². The van der Waals surface area contributed by atoms with E-state index in [2.05, 4.69) is 34.0 Å². The van der Waals surface area contributed by atoms with E-state index < -0.39 is 9.84 Å². The standard InChI is InChI=1S/C28H37N5O3S/c1-18(2)32-12-10-28(11-13-32)15-23(16-28)37(35,36)22-7-8-24(20(5)14-22)30-27-29-17-21-6-9-25(34)33(19(3)4)26(21)31-27/h6-9,14,17-19,23H,10-13,15-16H2,1-5H3,(H,29,30,31). The molecule has 1 aliphatic carbocycles. The Labute approximate surface area is 219 Å². The lowest BCUT2D eigenvalue weighted by atomic mass is 9.63. The molecule has 8 nitrogen and oxygen atoms in total. The number of sulfone groups is 1. The molecule has 0 bridgehead atoms. The summed E-state index contributed by atoms with van der Waals surface area (Å²) in [7, 11) is -3.38. The Balaban J connectivity index is 1.32. The highest BCUT2D eigenvalue weighted by Gasteiger charge is 2.51. The van der Waals surface area contributed by atoms with Crippen molar-refractivity contribution in [1.82, 2.24) is 19.4 Å². The largest absolute Gasteiger partial charge is 0.324 e. The van der Waals surface area contributed by atoms with Gasteiger partial charge >= 0.3 is 0 Å². The highest BCUT2D eigenvalue weighted by atomic mass is 32.2. The monoisotopic (exact) mass is 523 g/mol. The molecule has 1 aliphatic heterocycles. The number of nitrogens with one attached hydrogen (secondary N) is 1. The summed E-state index contributed by atoms with van der Waals surface area (Å²) >= 11 is 0. The molecule has 3 heterocycles. The van der Waals surface area contributed by atoms with Gasteiger partial charge in [0.2, 0.25) is 5.95 Å². The Kier molecular flexibility index (Phi) is 6.64. The second-order valence-corrected chi connectivity index (χ2v) is 13.6. The minimum atomic E-state index is -3.38. The third kappa shape index (κ3) is 4.79. The van der Waals surface area contributed by atoms with Gasteiger partial charge in [0.05, 0.1) is 10.1 Å². The summed E-state index contributed by atoms with van der Waals surface area (Å²) in [5.74, 6) is 0.361. The fraction of sp³-hybridized carbons (Fsp3) is 0.536. The van der Waals surface area contributed by atoms with Crippen LogP contribution in [0.2, 0.25) is 0 Å². The van der Waals surface area contributed by atoms with Crippen molar-refractivity contribution in [2.24, 2.45) is 5.41 Å². The van der Waals surface area contributed by atoms with Crippen LogP contribution in [0, 0.1) is 12.3 Å². The van der Waals surface area contributed by atoms with Gasteiger partial charge in [-0.15, -0.1) is 0 Å². The molecular formula is C28H37N5O3S. The van der Waals surface area contributed by atoms with Crippen molar-refractivity contribution in [3.63, 3.8) is 0 Å². The molecule has 198 valence electrons. The van der Waals surface area contributed by atoms with Crippen LogP contribution >= 0.6 is 0 Å². The van der Waals surface area contributed by atoms with E-state index in [1.165, 1.54) is 6.07 Å². The Bertz CT molecular complexity index is 1480. The zero-order chi connectivity index (χ0) is 26.5. The molecule has 1 N–H and O–H groups in total. The summed E-state index contributed by atoms with van der Waals surface area (Å²) in [4.78, 5) is 24.2. The predicted octanol–water partition coefficient (Wildman–Crippen LogP) is 4.85. The molecule has 0 amide bonds. The molecule has 5 rings (SSSR count). The topological polar surface area (TPSA) is 97.2 Å². The first kappa shape index (κ1) is 25.9. The highest BCUT2D eigenvalue weighted by molar-refractivity contribution is 7.92. The molecule has 2 aromatic heterocycles. The number of benzene rings is 1. The molecule has 1 saturated carbocycles. The molecule has 1 saturated heterocycles. The van der Waals surface area contributed by atoms with Gasteiger partial charge in [-0.2, -0.15) is 4.98 Å². The van der Waals surface area contributed by atoms with Crippen LogP contribution in [0.3, 0.4) is 0 Å². The van der Waals surface area contributed by atoms with Crippen LogP contribution in [-0.4, -0.2) is 52.2 Å². The molecule has 3 aromatic rings. The molecule has 1 aromatic carbocycles. The van der Waals surface area contributed by atoms with Gasteiger partial charge in [-0.25, -0.2) is 13.4 Å². The third-order valence-corrected chi connectivity index (χ3v) is 10.4. The van der Waals surface area contributed by atoms with Crippen LogP contribution in [0.5, 0.6) is 0 Å². The Morgan fingerprint density at radius 2 is 1.73 bits per heavy atom. The SMILES string of the molecule is Cc1cc(S(=O)(=O)C2CC3(CCN(C(C)C)CC3)C2)ccc1Nc1ncc2ccc(=O)n(C(C)C)c2n1. The van der Waals surface area contributed by atoms with Gasteiger partial charge in [0.15, 0.2) is 9.84 Å². The summed E-state index contributed by atoms with van der Waals surface area (Å²) in [6.45, 7) is 12.3. The van der Waals surface area contributed by atoms with Crippen LogP contribution in [-0.2, 0) is 9.84 Å². The van der Waals surface area contributed by atoms with Crippen molar-refractivity contribution in [3.05, 3.63) is 52.4 Å². The fourth-order valence-corrected chi connectivity index (χ4v) is 8.04. The highest BCUT2D eigenvalue weighted by Crippen LogP contribution is 2.52. The smallest absolute Gasteiger partial charge is 0.252 e. The van der Waals surface area contributed by atoms with Gasteiger partial charge in [0, 0.05) is 35.4 Å². The van der Waals surface area contributed by atoms with Crippen molar-refractivity contribution in [2.75, 3.05) is 18.4 Å². The summed E-state index contributed by atoms with van der Waals surface area (Å²) in [6.07, 6.45) is 5.41. The molecule has 37 heavy (non-hydrogen) atoms. The van der Waals surface area contributed by atoms with Crippen LogP contribution in [0.25, 0.3) is 11.0 Å². The van der Waals surface area contributed by atoms with E-state index in [4.69, 9.17) is 0 Å². The summed E-state index contributed by atoms with van der Waals surface area (Å²) in [6, 6.07) is 8.97. The zero-order valence-corrected chi connectivity index (χ0v) is 23.2. The van der Waals surface area contributed by atoms with E-state index in [1.807, 2.05) is 20.8 Å². The van der Waals surface area contributed by atoms with E-state index in [9.17, 15) is 13.2 Å². The Hall–Kier alpha value is -2.78. The third-order valence-electron chi connectivity index (χ3n) is 8.31. The van der Waals surface area contributed by atoms with Crippen molar-refractivity contribution in [1.29, 1.82) is 0 Å². The van der Waals surface area contributed by atoms with Gasteiger partial charge < -0.3 is 10.2 Å². The van der Waals surface area contributed by atoms with E-state index in [1.54, 1.807) is 35.0 Å². The summed E-state index contributed by atoms with van der Waals surface area (Å²) in [5, 5.41) is 3.69. The normalized spacial score (nSPS) is 18.6. The van der Waals surface area contributed by atoms with Gasteiger partial charge in [-0.3, -0.25) is 9.36 Å². The quantitative estimate of drug-likeness (QED) is 0.493. The number of anilines is 2. The zero-order valence-electron chi connectivity index (χ0n) is 22.4. The number of likely N-dealkylation sites (tertiary alicyclic amines) is 1. The summed E-state index contributed by atoms with van der Waals surface area (Å²) in [5.41, 5.74) is 2.19. The van der Waals surface area contributed by atoms with E-state index in [-0.39, 0.29) is 22.3 Å². The molecule has 0 atom stereocenters. The lowest BCUT2D eigenvalue weighted by Gasteiger charge is -2.52. The van der Waals surface area contributed by atoms with Crippen molar-refractivity contribution in [2.45, 2.75) is 82.5 Å². The van der Waals surface area contributed by atoms with Crippen molar-refractivity contribution < 1.29 is 8.42 Å². The number of pyridine rings is 1. The van der Waals surface area contributed by atoms with E-state index in [0.29, 0.717) is 22.5 Å². The minimum absolute atomic E-state index is 0.0430. The Morgan fingerprint density at radius 1 is 1.03 bits per heavy atom. The molecule has 9 heteroatoms. The summed E-state index contributed by atoms with van der Waals surface area (Å²) < 4.78 is 28.5. The number of hydrogen-bond donors (Lipinski definition) is 1. The molecule has 0 radical (unpaired) electrons. The Morgan fingerprint density at radius 3 is 2.35 bits per heavy atom. The minimum Gasteiger partial charge on any atom is -0.324 e. The van der Waals surface area contributed by atoms with Gasteiger partial charge in [-0.05, 0) is 109 Å². The maximum absolute atomic E-state index is 13.4. The number of fused-ring (bicyclic) bond motifs is 1. The number of piperidine rings is 1. The maximum atomic E-state index is 13.4. The number of aryl methyl sites for hydroxylation is 1. The number of nitrogens with zero attached hydrogens (tertiary/aromatic N) is 4. The molecule has 0 unspecified atom stereocenters. The lowest BCUT2D eigenvalue weighted by molar-refractivity contribution is 0.0246. The van der Waals surface area contributed by atoms with Gasteiger partial charge in [-0.1, -0.05) is 0 Å². The predicted molar refractivity (Wildman–Crippen MR) is 147 cm³/mol.